The van der Waals surface area contributed by atoms with Crippen LogP contribution in [0.15, 0.2) is 29.3 Å². The molecule has 0 aliphatic carbocycles. The molecular weight excluding hydrogens is 335 g/mol. The third kappa shape index (κ3) is 8.42. The molecule has 0 fully saturated rings. The van der Waals surface area contributed by atoms with E-state index in [1.54, 1.807) is 27.8 Å². The Morgan fingerprint density at radius 3 is 2.20 bits per heavy atom. The molecule has 25 heavy (non-hydrogen) atoms. The number of hydrogen-bond donors (Lipinski definition) is 2. The topological polar surface area (TPSA) is 62.7 Å². The number of hydrogen-bond acceptors (Lipinski definition) is 3. The van der Waals surface area contributed by atoms with Crippen molar-refractivity contribution in [3.8, 4) is 0 Å². The van der Waals surface area contributed by atoms with Crippen molar-refractivity contribution in [3.63, 3.8) is 0 Å². The second-order valence-corrected chi connectivity index (χ2v) is 6.38. The van der Waals surface area contributed by atoms with E-state index >= 15 is 0 Å². The molecule has 2 N–H and O–H groups in total. The summed E-state index contributed by atoms with van der Waals surface area (Å²) < 4.78 is 42.7. The van der Waals surface area contributed by atoms with E-state index in [9.17, 15) is 18.0 Å². The fraction of sp³-hybridized carbons (Fsp3) is 0.529. The minimum atomic E-state index is -4.33. The summed E-state index contributed by atoms with van der Waals surface area (Å²) in [7, 11) is 1.56. The van der Waals surface area contributed by atoms with E-state index in [2.05, 4.69) is 15.6 Å². The number of esters is 1. The van der Waals surface area contributed by atoms with E-state index in [0.29, 0.717) is 18.9 Å². The van der Waals surface area contributed by atoms with Gasteiger partial charge in [0.05, 0.1) is 5.56 Å². The van der Waals surface area contributed by atoms with Gasteiger partial charge in [-0.2, -0.15) is 13.2 Å². The van der Waals surface area contributed by atoms with Crippen LogP contribution in [-0.2, 0) is 22.1 Å². The largest absolute Gasteiger partial charge is 0.459 e. The number of alkyl halides is 3. The van der Waals surface area contributed by atoms with Crippen LogP contribution < -0.4 is 10.6 Å². The Labute approximate surface area is 145 Å². The van der Waals surface area contributed by atoms with Crippen LogP contribution in [0.1, 0.15) is 31.9 Å². The van der Waals surface area contributed by atoms with E-state index in [0.717, 1.165) is 17.7 Å². The Morgan fingerprint density at radius 2 is 1.72 bits per heavy atom. The Balaban J connectivity index is 2.39. The molecule has 0 unspecified atom stereocenters. The lowest BCUT2D eigenvalue weighted by atomic mass is 10.1. The van der Waals surface area contributed by atoms with E-state index in [-0.39, 0.29) is 6.54 Å². The van der Waals surface area contributed by atoms with Gasteiger partial charge in [-0.15, -0.1) is 0 Å². The summed E-state index contributed by atoms with van der Waals surface area (Å²) >= 11 is 0. The number of aliphatic imine (C=N–C) groups is 1. The van der Waals surface area contributed by atoms with E-state index in [1.165, 1.54) is 12.1 Å². The average Bonchev–Trinajstić information content (AvgIpc) is 2.48. The van der Waals surface area contributed by atoms with Crippen LogP contribution in [-0.4, -0.2) is 37.7 Å². The van der Waals surface area contributed by atoms with Gasteiger partial charge < -0.3 is 15.4 Å². The number of halogens is 3. The summed E-state index contributed by atoms with van der Waals surface area (Å²) in [5.74, 6) is 0.0101. The maximum Gasteiger partial charge on any atom is 0.416 e. The number of carbonyl (C=O) groups is 1. The second-order valence-electron chi connectivity index (χ2n) is 6.38. The quantitative estimate of drug-likeness (QED) is 0.482. The molecule has 0 aliphatic heterocycles. The van der Waals surface area contributed by atoms with Crippen molar-refractivity contribution in [3.05, 3.63) is 35.4 Å². The first-order valence-corrected chi connectivity index (χ1v) is 7.84. The van der Waals surface area contributed by atoms with Crippen LogP contribution >= 0.6 is 0 Å². The van der Waals surface area contributed by atoms with Gasteiger partial charge in [-0.1, -0.05) is 12.1 Å². The lowest BCUT2D eigenvalue weighted by Crippen LogP contribution is -2.42. The zero-order valence-electron chi connectivity index (χ0n) is 14.8. The van der Waals surface area contributed by atoms with Crippen LogP contribution in [0.2, 0.25) is 0 Å². The van der Waals surface area contributed by atoms with Gasteiger partial charge in [0, 0.05) is 13.6 Å². The Bertz CT molecular complexity index is 591. The van der Waals surface area contributed by atoms with Gasteiger partial charge in [0.15, 0.2) is 5.96 Å². The van der Waals surface area contributed by atoms with Gasteiger partial charge in [0.1, 0.15) is 12.1 Å². The first-order chi connectivity index (χ1) is 11.5. The molecule has 0 heterocycles. The lowest BCUT2D eigenvalue weighted by molar-refractivity contribution is -0.153. The first-order valence-electron chi connectivity index (χ1n) is 7.84. The molecule has 0 saturated carbocycles. The number of rotatable bonds is 5. The number of benzene rings is 1. The number of ether oxygens (including phenoxy) is 1. The van der Waals surface area contributed by atoms with Crippen LogP contribution in [0.3, 0.4) is 0 Å². The standard InChI is InChI=1S/C17H24F3N3O2/c1-16(2,3)25-14(24)11-23-15(21-4)22-10-9-12-5-7-13(8-6-12)17(18,19)20/h5-8H,9-11H2,1-4H3,(H2,21,22,23). The Kier molecular flexibility index (Phi) is 7.26. The minimum Gasteiger partial charge on any atom is -0.459 e. The second kappa shape index (κ2) is 8.73. The Morgan fingerprint density at radius 1 is 1.12 bits per heavy atom. The van der Waals surface area contributed by atoms with Gasteiger partial charge >= 0.3 is 12.1 Å². The van der Waals surface area contributed by atoms with Crippen LogP contribution in [0.25, 0.3) is 0 Å². The molecule has 8 heteroatoms. The summed E-state index contributed by atoms with van der Waals surface area (Å²) in [6.45, 7) is 5.77. The van der Waals surface area contributed by atoms with Crippen molar-refractivity contribution in [1.29, 1.82) is 0 Å². The zero-order valence-corrected chi connectivity index (χ0v) is 14.8. The molecule has 1 aromatic rings. The molecule has 140 valence electrons. The van der Waals surface area contributed by atoms with Gasteiger partial charge in [-0.05, 0) is 44.9 Å². The van der Waals surface area contributed by atoms with Crippen molar-refractivity contribution in [2.75, 3.05) is 20.1 Å². The van der Waals surface area contributed by atoms with Gasteiger partial charge in [-0.25, -0.2) is 0 Å². The molecule has 0 amide bonds. The third-order valence-corrected chi connectivity index (χ3v) is 3.03. The summed E-state index contributed by atoms with van der Waals surface area (Å²) in [5, 5.41) is 5.81. The molecule has 1 rings (SSSR count). The smallest absolute Gasteiger partial charge is 0.416 e. The predicted molar refractivity (Wildman–Crippen MR) is 90.4 cm³/mol. The molecule has 1 aromatic carbocycles. The van der Waals surface area contributed by atoms with Crippen molar-refractivity contribution < 1.29 is 22.7 Å². The maximum absolute atomic E-state index is 12.5. The molecule has 0 radical (unpaired) electrons. The van der Waals surface area contributed by atoms with E-state index < -0.39 is 23.3 Å². The fourth-order valence-corrected chi connectivity index (χ4v) is 1.94. The highest BCUT2D eigenvalue weighted by atomic mass is 19.4. The fourth-order valence-electron chi connectivity index (χ4n) is 1.94. The first kappa shape index (κ1) is 20.8. The third-order valence-electron chi connectivity index (χ3n) is 3.03. The minimum absolute atomic E-state index is 0.0305. The number of nitrogens with zero attached hydrogens (tertiary/aromatic N) is 1. The molecule has 0 atom stereocenters. The lowest BCUT2D eigenvalue weighted by Gasteiger charge is -2.20. The van der Waals surface area contributed by atoms with Gasteiger partial charge in [0.2, 0.25) is 0 Å². The predicted octanol–water partition coefficient (Wildman–Crippen LogP) is 2.75. The molecule has 0 aliphatic rings. The monoisotopic (exact) mass is 359 g/mol. The summed E-state index contributed by atoms with van der Waals surface area (Å²) in [6, 6.07) is 5.01. The summed E-state index contributed by atoms with van der Waals surface area (Å²) in [4.78, 5) is 15.6. The average molecular weight is 359 g/mol. The highest BCUT2D eigenvalue weighted by Crippen LogP contribution is 2.29. The van der Waals surface area contributed by atoms with Gasteiger partial charge in [-0.3, -0.25) is 9.79 Å². The van der Waals surface area contributed by atoms with Crippen molar-refractivity contribution >= 4 is 11.9 Å². The number of carbonyl (C=O) groups excluding carboxylic acids is 1. The van der Waals surface area contributed by atoms with Crippen LogP contribution in [0, 0.1) is 0 Å². The van der Waals surface area contributed by atoms with E-state index in [1.807, 2.05) is 0 Å². The SMILES string of the molecule is CN=C(NCCc1ccc(C(F)(F)F)cc1)NCC(=O)OC(C)(C)C. The van der Waals surface area contributed by atoms with Crippen molar-refractivity contribution in [2.45, 2.75) is 39.0 Å². The molecule has 0 bridgehead atoms. The van der Waals surface area contributed by atoms with Crippen LogP contribution in [0.4, 0.5) is 13.2 Å². The number of nitrogens with one attached hydrogen (secondary N) is 2. The molecule has 5 nitrogen and oxygen atoms in total. The number of guanidine groups is 1. The Hall–Kier alpha value is -2.25. The summed E-state index contributed by atoms with van der Waals surface area (Å²) in [6.07, 6.45) is -3.81. The van der Waals surface area contributed by atoms with E-state index in [4.69, 9.17) is 4.74 Å². The van der Waals surface area contributed by atoms with Crippen molar-refractivity contribution in [2.24, 2.45) is 4.99 Å². The maximum atomic E-state index is 12.5. The summed E-state index contributed by atoms with van der Waals surface area (Å²) in [5.41, 5.74) is -0.458. The highest BCUT2D eigenvalue weighted by molar-refractivity contribution is 5.84. The molecule has 0 spiro atoms. The van der Waals surface area contributed by atoms with Crippen molar-refractivity contribution in [1.82, 2.24) is 10.6 Å². The zero-order chi connectivity index (χ0) is 19.1. The molecular formula is C17H24F3N3O2. The normalized spacial score (nSPS) is 12.7. The molecule has 0 aromatic heterocycles. The molecule has 0 saturated heterocycles. The van der Waals surface area contributed by atoms with Gasteiger partial charge in [0.25, 0.3) is 0 Å². The highest BCUT2D eigenvalue weighted by Gasteiger charge is 2.29. The van der Waals surface area contributed by atoms with Crippen LogP contribution in [0.5, 0.6) is 0 Å².